The summed E-state index contributed by atoms with van der Waals surface area (Å²) in [6.45, 7) is 2.22. The Morgan fingerprint density at radius 3 is 2.30 bits per heavy atom. The van der Waals surface area contributed by atoms with E-state index in [1.54, 1.807) is 0 Å². The van der Waals surface area contributed by atoms with E-state index in [4.69, 9.17) is 15.9 Å². The summed E-state index contributed by atoms with van der Waals surface area (Å²) >= 11 is 1.27. The molecule has 30 heavy (non-hydrogen) atoms. The van der Waals surface area contributed by atoms with Gasteiger partial charge in [0, 0.05) is 17.4 Å². The van der Waals surface area contributed by atoms with Crippen molar-refractivity contribution in [2.75, 3.05) is 5.75 Å². The predicted octanol–water partition coefficient (Wildman–Crippen LogP) is 4.54. The van der Waals surface area contributed by atoms with E-state index in [1.165, 1.54) is 50.3 Å². The maximum absolute atomic E-state index is 10.9. The molecule has 0 bridgehead atoms. The zero-order valence-corrected chi connectivity index (χ0v) is 18.9. The highest BCUT2D eigenvalue weighted by Crippen LogP contribution is 2.21. The Hall–Kier alpha value is -1.57. The van der Waals surface area contributed by atoms with Gasteiger partial charge < -0.3 is 21.1 Å². The van der Waals surface area contributed by atoms with Gasteiger partial charge in [0.25, 0.3) is 0 Å². The zero-order chi connectivity index (χ0) is 22.6. The van der Waals surface area contributed by atoms with Gasteiger partial charge in [0.2, 0.25) is 0 Å². The monoisotopic (exact) mass is 441 g/mol. The van der Waals surface area contributed by atoms with Crippen LogP contribution >= 0.6 is 11.8 Å². The van der Waals surface area contributed by atoms with Gasteiger partial charge in [-0.1, -0.05) is 75.5 Å². The van der Waals surface area contributed by atoms with E-state index in [9.17, 15) is 14.7 Å². The van der Waals surface area contributed by atoms with Crippen LogP contribution in [0.15, 0.2) is 36.5 Å². The molecule has 0 aliphatic heterocycles. The van der Waals surface area contributed by atoms with Gasteiger partial charge in [0.15, 0.2) is 0 Å². The highest BCUT2D eigenvalue weighted by molar-refractivity contribution is 8.00. The second-order valence-corrected chi connectivity index (χ2v) is 8.56. The number of aliphatic carboxylic acids is 2. The van der Waals surface area contributed by atoms with Crippen LogP contribution in [-0.4, -0.2) is 50.4 Å². The second-order valence-electron chi connectivity index (χ2n) is 7.35. The van der Waals surface area contributed by atoms with Crippen LogP contribution in [0.25, 0.3) is 0 Å². The number of aliphatic hydroxyl groups is 1. The molecule has 0 aliphatic carbocycles. The van der Waals surface area contributed by atoms with Crippen molar-refractivity contribution >= 4 is 23.7 Å². The van der Waals surface area contributed by atoms with E-state index < -0.39 is 24.1 Å². The molecule has 0 radical (unpaired) electrons. The molecule has 172 valence electrons. The summed E-state index contributed by atoms with van der Waals surface area (Å²) in [5.41, 5.74) is 5.55. The van der Waals surface area contributed by atoms with Crippen molar-refractivity contribution in [2.24, 2.45) is 5.73 Å². The van der Waals surface area contributed by atoms with Crippen molar-refractivity contribution in [3.8, 4) is 0 Å². The number of hydrogen-bond donors (Lipinski definition) is 4. The second kappa shape index (κ2) is 19.4. The molecule has 0 heterocycles. The molecule has 3 atom stereocenters. The Bertz CT molecular complexity index is 548. The summed E-state index contributed by atoms with van der Waals surface area (Å²) < 4.78 is 0. The van der Waals surface area contributed by atoms with Crippen LogP contribution in [0.2, 0.25) is 0 Å². The summed E-state index contributed by atoms with van der Waals surface area (Å²) in [6, 6.07) is -1.00. The van der Waals surface area contributed by atoms with E-state index >= 15 is 0 Å². The van der Waals surface area contributed by atoms with Crippen LogP contribution in [0.1, 0.15) is 71.1 Å². The van der Waals surface area contributed by atoms with E-state index in [2.05, 4.69) is 13.0 Å². The molecule has 0 aromatic rings. The lowest BCUT2D eigenvalue weighted by molar-refractivity contribution is -0.138. The summed E-state index contributed by atoms with van der Waals surface area (Å²) in [7, 11) is 0. The lowest BCUT2D eigenvalue weighted by Crippen LogP contribution is -2.34. The lowest BCUT2D eigenvalue weighted by atomic mass is 10.1. The van der Waals surface area contributed by atoms with Crippen molar-refractivity contribution < 1.29 is 24.9 Å². The fraction of sp³-hybridized carbons (Fsp3) is 0.652. The number of hydrogen-bond acceptors (Lipinski definition) is 5. The van der Waals surface area contributed by atoms with Gasteiger partial charge in [0.1, 0.15) is 6.04 Å². The van der Waals surface area contributed by atoms with Crippen molar-refractivity contribution in [1.82, 2.24) is 0 Å². The third-order valence-corrected chi connectivity index (χ3v) is 5.96. The van der Waals surface area contributed by atoms with Gasteiger partial charge in [-0.05, 0) is 25.7 Å². The van der Waals surface area contributed by atoms with Gasteiger partial charge in [-0.3, -0.25) is 9.59 Å². The molecule has 0 saturated carbocycles. The van der Waals surface area contributed by atoms with E-state index in [0.717, 1.165) is 6.42 Å². The highest BCUT2D eigenvalue weighted by atomic mass is 32.2. The minimum absolute atomic E-state index is 0.00387. The van der Waals surface area contributed by atoms with Crippen LogP contribution in [0.5, 0.6) is 0 Å². The third-order valence-electron chi connectivity index (χ3n) is 4.55. The van der Waals surface area contributed by atoms with Crippen molar-refractivity contribution in [2.45, 2.75) is 88.5 Å². The number of unbranched alkanes of at least 4 members (excludes halogenated alkanes) is 6. The molecule has 0 aromatic heterocycles. The number of carbonyl (C=O) groups is 2. The first-order chi connectivity index (χ1) is 14.4. The summed E-state index contributed by atoms with van der Waals surface area (Å²) in [4.78, 5) is 21.5. The van der Waals surface area contributed by atoms with E-state index in [-0.39, 0.29) is 17.4 Å². The van der Waals surface area contributed by atoms with Gasteiger partial charge in [-0.2, -0.15) is 0 Å². The van der Waals surface area contributed by atoms with Crippen molar-refractivity contribution in [1.29, 1.82) is 0 Å². The number of thioether (sulfide) groups is 1. The van der Waals surface area contributed by atoms with Crippen LogP contribution in [0, 0.1) is 0 Å². The molecule has 5 N–H and O–H groups in total. The lowest BCUT2D eigenvalue weighted by Gasteiger charge is -2.20. The standard InChI is InChI=1S/C23H39NO5S/c1-2-3-4-5-6-7-8-9-10-11-12-13-16-21(30-18-19(24)23(28)29)20(25)15-14-17-22(26)27/h9-13,16,19-21,25H,2-8,14-15,17-18,24H2,1H3,(H,26,27)(H,28,29)/b10-9?,12-11+,16-13+/t19-,20-,21+/m0/s1. The summed E-state index contributed by atoms with van der Waals surface area (Å²) in [5, 5.41) is 27.7. The minimum atomic E-state index is -1.08. The highest BCUT2D eigenvalue weighted by Gasteiger charge is 2.20. The molecule has 0 aromatic carbocycles. The zero-order valence-electron chi connectivity index (χ0n) is 18.1. The Morgan fingerprint density at radius 2 is 1.63 bits per heavy atom. The summed E-state index contributed by atoms with van der Waals surface area (Å²) in [6.07, 6.45) is 20.2. The molecule has 0 fully saturated rings. The summed E-state index contributed by atoms with van der Waals surface area (Å²) in [5.74, 6) is -1.81. The molecule has 0 unspecified atom stereocenters. The van der Waals surface area contributed by atoms with Crippen LogP contribution in [0.4, 0.5) is 0 Å². The minimum Gasteiger partial charge on any atom is -0.481 e. The third kappa shape index (κ3) is 17.3. The van der Waals surface area contributed by atoms with E-state index in [1.807, 2.05) is 30.4 Å². The fourth-order valence-electron chi connectivity index (χ4n) is 2.73. The number of rotatable bonds is 19. The Morgan fingerprint density at radius 1 is 0.967 bits per heavy atom. The molecule has 0 spiro atoms. The van der Waals surface area contributed by atoms with Gasteiger partial charge >= 0.3 is 11.9 Å². The van der Waals surface area contributed by atoms with Gasteiger partial charge in [-0.25, -0.2) is 0 Å². The number of carboxylic acids is 2. The molecule has 0 aliphatic rings. The Labute approximate surface area is 185 Å². The normalized spacial score (nSPS) is 15.2. The van der Waals surface area contributed by atoms with Crippen molar-refractivity contribution in [3.63, 3.8) is 0 Å². The maximum Gasteiger partial charge on any atom is 0.321 e. The van der Waals surface area contributed by atoms with Crippen LogP contribution < -0.4 is 5.73 Å². The first-order valence-corrected chi connectivity index (χ1v) is 11.9. The smallest absolute Gasteiger partial charge is 0.321 e. The predicted molar refractivity (Wildman–Crippen MR) is 125 cm³/mol. The molecule has 7 heteroatoms. The first kappa shape index (κ1) is 28.4. The Balaban J connectivity index is 4.41. The Kier molecular flexibility index (Phi) is 18.4. The van der Waals surface area contributed by atoms with Crippen molar-refractivity contribution in [3.05, 3.63) is 36.5 Å². The topological polar surface area (TPSA) is 121 Å². The first-order valence-electron chi connectivity index (χ1n) is 10.9. The number of aliphatic hydroxyl groups excluding tert-OH is 1. The molecule has 0 amide bonds. The number of allylic oxidation sites excluding steroid dienone is 5. The van der Waals surface area contributed by atoms with Crippen LogP contribution in [-0.2, 0) is 9.59 Å². The van der Waals surface area contributed by atoms with E-state index in [0.29, 0.717) is 12.8 Å². The quantitative estimate of drug-likeness (QED) is 0.172. The molecular weight excluding hydrogens is 402 g/mol. The largest absolute Gasteiger partial charge is 0.481 e. The average Bonchev–Trinajstić information content (AvgIpc) is 2.70. The van der Waals surface area contributed by atoms with Gasteiger partial charge in [-0.15, -0.1) is 11.8 Å². The number of carboxylic acid groups (broad SMARTS) is 2. The van der Waals surface area contributed by atoms with Gasteiger partial charge in [0.05, 0.1) is 6.10 Å². The molecule has 0 rings (SSSR count). The average molecular weight is 442 g/mol. The fourth-order valence-corrected chi connectivity index (χ4v) is 3.86. The number of nitrogens with two attached hydrogens (primary N) is 1. The molecular formula is C23H39NO5S. The molecule has 0 saturated heterocycles. The molecule has 6 nitrogen and oxygen atoms in total. The van der Waals surface area contributed by atoms with Crippen LogP contribution in [0.3, 0.4) is 0 Å². The maximum atomic E-state index is 10.9. The SMILES string of the molecule is CCCCCCCCC=C/C=C/C=C/[C@@H](SC[C@H](N)C(=O)O)[C@@H](O)CCCC(=O)O.